The number of hydrogen-bond donors (Lipinski definition) is 2. The molecule has 0 aliphatic carbocycles. The molecule has 4 nitrogen and oxygen atoms in total. The van der Waals surface area contributed by atoms with E-state index >= 15 is 0 Å². The van der Waals surface area contributed by atoms with Gasteiger partial charge < -0.3 is 9.79 Å². The molecule has 2 unspecified atom stereocenters. The summed E-state index contributed by atoms with van der Waals surface area (Å²) < 4.78 is 15.2. The first kappa shape index (κ1) is 29.1. The molecule has 2 N–H and O–H groups in total. The molecule has 0 saturated carbocycles. The first-order valence-corrected chi connectivity index (χ1v) is 14.1. The van der Waals surface area contributed by atoms with Crippen molar-refractivity contribution in [1.82, 2.24) is 0 Å². The van der Waals surface area contributed by atoms with Crippen molar-refractivity contribution in [2.24, 2.45) is 17.8 Å². The molecule has 0 bridgehead atoms. The van der Waals surface area contributed by atoms with Crippen LogP contribution in [0, 0.1) is 17.8 Å². The fourth-order valence-corrected chi connectivity index (χ4v) is 4.85. The predicted octanol–water partition coefficient (Wildman–Crippen LogP) is 8.27. The average Bonchev–Trinajstić information content (AvgIpc) is 2.68. The van der Waals surface area contributed by atoms with E-state index in [0.717, 1.165) is 37.0 Å². The third-order valence-corrected chi connectivity index (χ3v) is 6.95. The van der Waals surface area contributed by atoms with Gasteiger partial charge in [0.1, 0.15) is 0 Å². The zero-order valence-corrected chi connectivity index (χ0v) is 20.8. The molecule has 0 aromatic carbocycles. The van der Waals surface area contributed by atoms with Crippen LogP contribution in [-0.2, 0) is 9.09 Å². The summed E-state index contributed by atoms with van der Waals surface area (Å²) in [7, 11) is -4.29. The van der Waals surface area contributed by atoms with Gasteiger partial charge >= 0.3 is 7.82 Å². The summed E-state index contributed by atoms with van der Waals surface area (Å²) in [4.78, 5) is 17.4. The molecular formula is C24H51O4P. The third kappa shape index (κ3) is 18.6. The second-order valence-corrected chi connectivity index (χ2v) is 10.3. The van der Waals surface area contributed by atoms with Crippen LogP contribution in [0.4, 0.5) is 0 Å². The van der Waals surface area contributed by atoms with Crippen LogP contribution in [0.25, 0.3) is 0 Å². The van der Waals surface area contributed by atoms with Gasteiger partial charge in [-0.15, -0.1) is 0 Å². The van der Waals surface area contributed by atoms with Crippen LogP contribution in [0.1, 0.15) is 130 Å². The Kier molecular flexibility index (Phi) is 18.9. The Morgan fingerprint density at radius 1 is 0.655 bits per heavy atom. The largest absolute Gasteiger partial charge is 0.469 e. The fourth-order valence-electron chi connectivity index (χ4n) is 4.49. The van der Waals surface area contributed by atoms with E-state index in [4.69, 9.17) is 9.79 Å². The zero-order chi connectivity index (χ0) is 22.0. The lowest BCUT2D eigenvalue weighted by atomic mass is 9.79. The van der Waals surface area contributed by atoms with Crippen LogP contribution < -0.4 is 0 Å². The van der Waals surface area contributed by atoms with Crippen LogP contribution in [0.5, 0.6) is 0 Å². The lowest BCUT2D eigenvalue weighted by Gasteiger charge is -2.27. The van der Waals surface area contributed by atoms with Crippen LogP contribution in [0.2, 0.25) is 0 Å². The quantitative estimate of drug-likeness (QED) is 0.141. The lowest BCUT2D eigenvalue weighted by Crippen LogP contribution is -2.14. The maximum Gasteiger partial charge on any atom is 0.469 e. The van der Waals surface area contributed by atoms with Crippen LogP contribution in [0.3, 0.4) is 0 Å². The van der Waals surface area contributed by atoms with Gasteiger partial charge in [-0.2, -0.15) is 0 Å². The summed E-state index contributed by atoms with van der Waals surface area (Å²) >= 11 is 0. The maximum atomic E-state index is 10.7. The van der Waals surface area contributed by atoms with E-state index in [1.807, 2.05) is 0 Å². The molecule has 5 heteroatoms. The molecule has 0 spiro atoms. The van der Waals surface area contributed by atoms with Gasteiger partial charge in [-0.1, -0.05) is 111 Å². The molecule has 0 rings (SSSR count). The van der Waals surface area contributed by atoms with Crippen molar-refractivity contribution in [3.05, 3.63) is 0 Å². The molecular weight excluding hydrogens is 383 g/mol. The first-order chi connectivity index (χ1) is 13.9. The minimum absolute atomic E-state index is 0.165. The molecule has 2 atom stereocenters. The topological polar surface area (TPSA) is 66.8 Å². The highest BCUT2D eigenvalue weighted by Gasteiger charge is 2.19. The Morgan fingerprint density at radius 3 is 1.55 bits per heavy atom. The second-order valence-electron chi connectivity index (χ2n) is 9.05. The van der Waals surface area contributed by atoms with Gasteiger partial charge in [0.05, 0.1) is 6.61 Å². The van der Waals surface area contributed by atoms with E-state index in [2.05, 4.69) is 32.2 Å². The third-order valence-electron chi connectivity index (χ3n) is 6.44. The molecule has 176 valence electrons. The predicted molar refractivity (Wildman–Crippen MR) is 125 cm³/mol. The number of phosphoric ester groups is 1. The van der Waals surface area contributed by atoms with Gasteiger partial charge in [0.15, 0.2) is 0 Å². The van der Waals surface area contributed by atoms with Crippen molar-refractivity contribution in [2.75, 3.05) is 6.61 Å². The highest BCUT2D eigenvalue weighted by molar-refractivity contribution is 7.46. The summed E-state index contributed by atoms with van der Waals surface area (Å²) in [5.74, 6) is 2.67. The smallest absolute Gasteiger partial charge is 0.303 e. The molecule has 0 amide bonds. The van der Waals surface area contributed by atoms with Gasteiger partial charge in [-0.25, -0.2) is 4.57 Å². The Balaban J connectivity index is 4.33. The Hall–Kier alpha value is 0.110. The first-order valence-electron chi connectivity index (χ1n) is 12.6. The van der Waals surface area contributed by atoms with E-state index in [9.17, 15) is 4.57 Å². The molecule has 0 aromatic heterocycles. The average molecular weight is 435 g/mol. The lowest BCUT2D eigenvalue weighted by molar-refractivity contribution is 0.193. The van der Waals surface area contributed by atoms with Crippen molar-refractivity contribution < 1.29 is 18.9 Å². The molecule has 0 aliphatic rings. The summed E-state index contributed by atoms with van der Waals surface area (Å²) in [6.45, 7) is 9.50. The van der Waals surface area contributed by atoms with Gasteiger partial charge in [0.2, 0.25) is 0 Å². The molecule has 0 radical (unpaired) electrons. The van der Waals surface area contributed by atoms with E-state index in [0.29, 0.717) is 0 Å². The Morgan fingerprint density at radius 2 is 1.10 bits per heavy atom. The SMILES string of the molecule is CCCCC(CC)CC(CCCCCCCOP(=O)(O)O)CC(CC)CCCC. The van der Waals surface area contributed by atoms with Crippen molar-refractivity contribution >= 4 is 7.82 Å². The molecule has 29 heavy (non-hydrogen) atoms. The Labute approximate surface area is 181 Å². The zero-order valence-electron chi connectivity index (χ0n) is 19.9. The summed E-state index contributed by atoms with van der Waals surface area (Å²) in [5, 5.41) is 0. The van der Waals surface area contributed by atoms with Gasteiger partial charge in [-0.3, -0.25) is 4.52 Å². The van der Waals surface area contributed by atoms with Crippen LogP contribution in [-0.4, -0.2) is 16.4 Å². The number of hydrogen-bond acceptors (Lipinski definition) is 2. The van der Waals surface area contributed by atoms with E-state index in [-0.39, 0.29) is 6.61 Å². The summed E-state index contributed by atoms with van der Waals surface area (Å²) in [5.41, 5.74) is 0. The number of phosphoric acid groups is 1. The van der Waals surface area contributed by atoms with Crippen LogP contribution >= 0.6 is 7.82 Å². The van der Waals surface area contributed by atoms with Gasteiger partial charge in [0, 0.05) is 0 Å². The van der Waals surface area contributed by atoms with Gasteiger partial charge in [0.25, 0.3) is 0 Å². The van der Waals surface area contributed by atoms with Crippen molar-refractivity contribution in [2.45, 2.75) is 130 Å². The minimum Gasteiger partial charge on any atom is -0.303 e. The monoisotopic (exact) mass is 434 g/mol. The maximum absolute atomic E-state index is 10.7. The van der Waals surface area contributed by atoms with Crippen molar-refractivity contribution in [1.29, 1.82) is 0 Å². The molecule has 0 aromatic rings. The summed E-state index contributed by atoms with van der Waals surface area (Å²) in [6, 6.07) is 0. The molecule has 0 aliphatic heterocycles. The standard InChI is InChI=1S/C24H51O4P/c1-5-9-16-22(7-3)20-24(21-23(8-4)17-10-6-2)18-14-12-11-13-15-19-28-29(25,26)27/h22-24H,5-21H2,1-4H3,(H2,25,26,27). The van der Waals surface area contributed by atoms with Crippen molar-refractivity contribution in [3.63, 3.8) is 0 Å². The molecule has 0 saturated heterocycles. The highest BCUT2D eigenvalue weighted by Crippen LogP contribution is 2.36. The fraction of sp³-hybridized carbons (Fsp3) is 1.00. The molecule has 0 fully saturated rings. The Bertz CT molecular complexity index is 378. The van der Waals surface area contributed by atoms with E-state index < -0.39 is 7.82 Å². The molecule has 0 heterocycles. The highest BCUT2D eigenvalue weighted by atomic mass is 31.2. The van der Waals surface area contributed by atoms with E-state index in [1.165, 1.54) is 83.5 Å². The van der Waals surface area contributed by atoms with Crippen molar-refractivity contribution in [3.8, 4) is 0 Å². The summed E-state index contributed by atoms with van der Waals surface area (Å²) in [6.07, 6.45) is 20.3. The second kappa shape index (κ2) is 18.8. The van der Waals surface area contributed by atoms with E-state index in [1.54, 1.807) is 0 Å². The van der Waals surface area contributed by atoms with Gasteiger partial charge in [-0.05, 0) is 37.0 Å². The normalized spacial score (nSPS) is 15.4. The number of unbranched alkanes of at least 4 members (excludes halogenated alkanes) is 6. The van der Waals surface area contributed by atoms with Crippen LogP contribution in [0.15, 0.2) is 0 Å². The minimum atomic E-state index is -4.29. The number of rotatable bonds is 21.